The van der Waals surface area contributed by atoms with Gasteiger partial charge in [0.05, 0.1) is 16.9 Å². The van der Waals surface area contributed by atoms with E-state index in [2.05, 4.69) is 10.4 Å². The van der Waals surface area contributed by atoms with Crippen molar-refractivity contribution in [3.05, 3.63) is 59.7 Å². The Balaban J connectivity index is 1.55. The quantitative estimate of drug-likeness (QED) is 0.615. The first kappa shape index (κ1) is 19.3. The number of hydrazone groups is 1. The average molecular weight is 379 g/mol. The van der Waals surface area contributed by atoms with Crippen LogP contribution in [0, 0.1) is 0 Å². The van der Waals surface area contributed by atoms with Crippen LogP contribution >= 0.6 is 0 Å². The standard InChI is InChI=1S/C21H21N3O4/c1-14-11-12-24(23-14)17-9-7-16(8-10-17)21(27)28-13-20(26)22-19-6-4-3-5-18(19)15(2)25/h3-10H,11-13H2,1-2H3,(H,22,26). The fraction of sp³-hybridized carbons (Fsp3) is 0.238. The molecule has 0 spiro atoms. The van der Waals surface area contributed by atoms with Crippen LogP contribution in [0.5, 0.6) is 0 Å². The fourth-order valence-electron chi connectivity index (χ4n) is 2.83. The highest BCUT2D eigenvalue weighted by molar-refractivity contribution is 6.04. The van der Waals surface area contributed by atoms with Crippen LogP contribution in [0.2, 0.25) is 0 Å². The first-order valence-electron chi connectivity index (χ1n) is 8.92. The molecule has 0 bridgehead atoms. The summed E-state index contributed by atoms with van der Waals surface area (Å²) in [7, 11) is 0. The van der Waals surface area contributed by atoms with Crippen LogP contribution < -0.4 is 10.3 Å². The number of ether oxygens (including phenoxy) is 1. The molecule has 0 saturated carbocycles. The lowest BCUT2D eigenvalue weighted by molar-refractivity contribution is -0.119. The number of carbonyl (C=O) groups excluding carboxylic acids is 3. The normalized spacial score (nSPS) is 13.1. The third kappa shape index (κ3) is 4.62. The van der Waals surface area contributed by atoms with Gasteiger partial charge in [0.25, 0.3) is 5.91 Å². The number of esters is 1. The molecular formula is C21H21N3O4. The molecule has 0 atom stereocenters. The predicted molar refractivity (Wildman–Crippen MR) is 107 cm³/mol. The molecule has 2 aromatic rings. The molecule has 1 heterocycles. The molecule has 28 heavy (non-hydrogen) atoms. The van der Waals surface area contributed by atoms with E-state index < -0.39 is 18.5 Å². The number of nitrogens with zero attached hydrogens (tertiary/aromatic N) is 2. The number of nitrogens with one attached hydrogen (secondary N) is 1. The van der Waals surface area contributed by atoms with Crippen LogP contribution in [0.25, 0.3) is 0 Å². The number of benzene rings is 2. The maximum absolute atomic E-state index is 12.2. The molecule has 1 amide bonds. The molecule has 0 aromatic heterocycles. The Morgan fingerprint density at radius 2 is 1.82 bits per heavy atom. The number of Topliss-reactive ketones (excluding diaryl/α,β-unsaturated/α-hetero) is 1. The topological polar surface area (TPSA) is 88.1 Å². The van der Waals surface area contributed by atoms with Gasteiger partial charge in [-0.2, -0.15) is 5.10 Å². The Hall–Kier alpha value is -3.48. The molecule has 3 rings (SSSR count). The molecule has 0 unspecified atom stereocenters. The second-order valence-electron chi connectivity index (χ2n) is 6.48. The molecule has 0 saturated heterocycles. The van der Waals surface area contributed by atoms with Crippen molar-refractivity contribution in [2.24, 2.45) is 5.10 Å². The van der Waals surface area contributed by atoms with Crippen molar-refractivity contribution >= 4 is 34.7 Å². The van der Waals surface area contributed by atoms with Gasteiger partial charge in [-0.1, -0.05) is 12.1 Å². The lowest BCUT2D eigenvalue weighted by Gasteiger charge is -2.14. The maximum atomic E-state index is 12.2. The average Bonchev–Trinajstić information content (AvgIpc) is 3.13. The Labute approximate surface area is 163 Å². The highest BCUT2D eigenvalue weighted by Crippen LogP contribution is 2.20. The Morgan fingerprint density at radius 1 is 1.11 bits per heavy atom. The Kier molecular flexibility index (Phi) is 5.84. The smallest absolute Gasteiger partial charge is 0.338 e. The van der Waals surface area contributed by atoms with Crippen molar-refractivity contribution < 1.29 is 19.1 Å². The number of carbonyl (C=O) groups is 3. The minimum atomic E-state index is -0.595. The van der Waals surface area contributed by atoms with Crippen LogP contribution in [0.1, 0.15) is 41.0 Å². The van der Waals surface area contributed by atoms with Crippen molar-refractivity contribution in [1.29, 1.82) is 0 Å². The second kappa shape index (κ2) is 8.47. The maximum Gasteiger partial charge on any atom is 0.338 e. The van der Waals surface area contributed by atoms with Crippen LogP contribution in [0.15, 0.2) is 53.6 Å². The summed E-state index contributed by atoms with van der Waals surface area (Å²) in [5.41, 5.74) is 3.10. The summed E-state index contributed by atoms with van der Waals surface area (Å²) >= 11 is 0. The van der Waals surface area contributed by atoms with Gasteiger partial charge in [0, 0.05) is 24.2 Å². The molecule has 1 N–H and O–H groups in total. The van der Waals surface area contributed by atoms with E-state index in [1.54, 1.807) is 48.5 Å². The number of amides is 1. The molecule has 1 aliphatic heterocycles. The fourth-order valence-corrected chi connectivity index (χ4v) is 2.83. The third-order valence-electron chi connectivity index (χ3n) is 4.29. The molecule has 2 aromatic carbocycles. The lowest BCUT2D eigenvalue weighted by Crippen LogP contribution is -2.22. The molecule has 144 valence electrons. The van der Waals surface area contributed by atoms with E-state index in [0.29, 0.717) is 16.8 Å². The molecule has 0 radical (unpaired) electrons. The Morgan fingerprint density at radius 3 is 2.46 bits per heavy atom. The van der Waals surface area contributed by atoms with Gasteiger partial charge in [0.1, 0.15) is 0 Å². The van der Waals surface area contributed by atoms with Crippen molar-refractivity contribution in [3.63, 3.8) is 0 Å². The summed E-state index contributed by atoms with van der Waals surface area (Å²) < 4.78 is 5.07. The summed E-state index contributed by atoms with van der Waals surface area (Å²) in [6, 6.07) is 13.5. The number of hydrogen-bond donors (Lipinski definition) is 1. The zero-order chi connectivity index (χ0) is 20.1. The Bertz CT molecular complexity index is 935. The number of anilines is 2. The van der Waals surface area contributed by atoms with Gasteiger partial charge >= 0.3 is 5.97 Å². The van der Waals surface area contributed by atoms with Crippen molar-refractivity contribution in [2.75, 3.05) is 23.5 Å². The van der Waals surface area contributed by atoms with E-state index in [-0.39, 0.29) is 5.78 Å². The van der Waals surface area contributed by atoms with E-state index in [1.165, 1.54) is 6.92 Å². The van der Waals surface area contributed by atoms with E-state index in [0.717, 1.165) is 24.4 Å². The largest absolute Gasteiger partial charge is 0.452 e. The molecule has 0 fully saturated rings. The first-order valence-corrected chi connectivity index (χ1v) is 8.92. The van der Waals surface area contributed by atoms with E-state index in [4.69, 9.17) is 4.74 Å². The van der Waals surface area contributed by atoms with E-state index in [9.17, 15) is 14.4 Å². The van der Waals surface area contributed by atoms with E-state index in [1.807, 2.05) is 11.9 Å². The minimum Gasteiger partial charge on any atom is -0.452 e. The lowest BCUT2D eigenvalue weighted by atomic mass is 10.1. The van der Waals surface area contributed by atoms with Crippen LogP contribution in [-0.4, -0.2) is 36.5 Å². The third-order valence-corrected chi connectivity index (χ3v) is 4.29. The molecule has 0 aliphatic carbocycles. The summed E-state index contributed by atoms with van der Waals surface area (Å²) in [6.07, 6.45) is 0.922. The summed E-state index contributed by atoms with van der Waals surface area (Å²) in [5.74, 6) is -1.27. The summed E-state index contributed by atoms with van der Waals surface area (Å²) in [5, 5.41) is 8.88. The van der Waals surface area contributed by atoms with Gasteiger partial charge in [0.2, 0.25) is 0 Å². The van der Waals surface area contributed by atoms with Gasteiger partial charge in [0.15, 0.2) is 12.4 Å². The van der Waals surface area contributed by atoms with Gasteiger partial charge in [-0.25, -0.2) is 4.79 Å². The van der Waals surface area contributed by atoms with Gasteiger partial charge in [-0.15, -0.1) is 0 Å². The second-order valence-corrected chi connectivity index (χ2v) is 6.48. The molecular weight excluding hydrogens is 358 g/mol. The number of ketones is 1. The van der Waals surface area contributed by atoms with Gasteiger partial charge in [-0.05, 0) is 50.2 Å². The SMILES string of the molecule is CC(=O)c1ccccc1NC(=O)COC(=O)c1ccc(N2CCC(C)=N2)cc1. The molecule has 7 heteroatoms. The predicted octanol–water partition coefficient (Wildman–Crippen LogP) is 3.27. The van der Waals surface area contributed by atoms with Crippen molar-refractivity contribution in [3.8, 4) is 0 Å². The van der Waals surface area contributed by atoms with Crippen LogP contribution in [0.3, 0.4) is 0 Å². The molecule has 7 nitrogen and oxygen atoms in total. The van der Waals surface area contributed by atoms with Crippen LogP contribution in [0.4, 0.5) is 11.4 Å². The monoisotopic (exact) mass is 379 g/mol. The highest BCUT2D eigenvalue weighted by Gasteiger charge is 2.15. The van der Waals surface area contributed by atoms with Crippen molar-refractivity contribution in [1.82, 2.24) is 0 Å². The van der Waals surface area contributed by atoms with E-state index >= 15 is 0 Å². The highest BCUT2D eigenvalue weighted by atomic mass is 16.5. The van der Waals surface area contributed by atoms with Gasteiger partial charge in [-0.3, -0.25) is 14.6 Å². The summed E-state index contributed by atoms with van der Waals surface area (Å²) in [4.78, 5) is 35.8. The summed E-state index contributed by atoms with van der Waals surface area (Å²) in [6.45, 7) is 3.77. The zero-order valence-electron chi connectivity index (χ0n) is 15.8. The minimum absolute atomic E-state index is 0.162. The number of rotatable bonds is 6. The number of para-hydroxylation sites is 1. The van der Waals surface area contributed by atoms with Crippen LogP contribution in [-0.2, 0) is 9.53 Å². The first-order chi connectivity index (χ1) is 13.4. The zero-order valence-corrected chi connectivity index (χ0v) is 15.8. The molecule has 1 aliphatic rings. The van der Waals surface area contributed by atoms with Gasteiger partial charge < -0.3 is 10.1 Å². The number of hydrogen-bond acceptors (Lipinski definition) is 6. The van der Waals surface area contributed by atoms with Crippen molar-refractivity contribution in [2.45, 2.75) is 20.3 Å².